The predicted molar refractivity (Wildman–Crippen MR) is 84.8 cm³/mol. The minimum atomic E-state index is -0.441. The number of rotatable bonds is 4. The van der Waals surface area contributed by atoms with E-state index in [4.69, 9.17) is 0 Å². The van der Waals surface area contributed by atoms with Crippen molar-refractivity contribution in [2.75, 3.05) is 0 Å². The smallest absolute Gasteiger partial charge is 0.0961 e. The average molecular weight is 292 g/mol. The van der Waals surface area contributed by atoms with Crippen LogP contribution < -0.4 is 5.32 Å². The first kappa shape index (κ1) is 16.5. The topological polar surface area (TPSA) is 57.1 Å². The lowest BCUT2D eigenvalue weighted by Gasteiger charge is -2.47. The fraction of sp³-hybridized carbons (Fsp3) is 0.667. The van der Waals surface area contributed by atoms with Gasteiger partial charge >= 0.3 is 0 Å². The second kappa shape index (κ2) is 6.07. The molecular formula is C18H30NO2+. The van der Waals surface area contributed by atoms with E-state index < -0.39 is 6.10 Å². The Morgan fingerprint density at radius 3 is 2.38 bits per heavy atom. The maximum absolute atomic E-state index is 10.5. The van der Waals surface area contributed by atoms with Crippen LogP contribution in [0.5, 0.6) is 0 Å². The van der Waals surface area contributed by atoms with Gasteiger partial charge in [-0.25, -0.2) is 0 Å². The standard InChI is InChI=1S/C18H29NO2/c1-17(2)12-16(21)14(18(3,4)19-17)10-11-15(20)13-8-6-5-7-9-13/h5-9,14-16,19-21H,10-12H2,1-4H3/p+1. The molecule has 21 heavy (non-hydrogen) atoms. The number of aliphatic hydroxyl groups is 2. The minimum Gasteiger partial charge on any atom is -0.392 e. The SMILES string of the molecule is CC1(C)CC(O)C(CCC(O)c2ccccc2)C(C)(C)[NH2+]1. The highest BCUT2D eigenvalue weighted by Crippen LogP contribution is 2.33. The highest BCUT2D eigenvalue weighted by atomic mass is 16.3. The second-order valence-electron chi connectivity index (χ2n) is 7.84. The van der Waals surface area contributed by atoms with Crippen molar-refractivity contribution in [2.24, 2.45) is 5.92 Å². The molecular weight excluding hydrogens is 262 g/mol. The van der Waals surface area contributed by atoms with E-state index in [0.717, 1.165) is 18.4 Å². The number of quaternary nitrogens is 1. The monoisotopic (exact) mass is 292 g/mol. The predicted octanol–water partition coefficient (Wildman–Crippen LogP) is 2.00. The van der Waals surface area contributed by atoms with Gasteiger partial charge in [0.25, 0.3) is 0 Å². The first-order valence-electron chi connectivity index (χ1n) is 7.99. The molecule has 0 bridgehead atoms. The Hall–Kier alpha value is -0.900. The minimum absolute atomic E-state index is 0.00241. The van der Waals surface area contributed by atoms with E-state index in [-0.39, 0.29) is 23.1 Å². The van der Waals surface area contributed by atoms with E-state index in [1.165, 1.54) is 0 Å². The molecule has 3 atom stereocenters. The Morgan fingerprint density at radius 2 is 1.81 bits per heavy atom. The molecule has 4 N–H and O–H groups in total. The Morgan fingerprint density at radius 1 is 1.19 bits per heavy atom. The third-order valence-electron chi connectivity index (χ3n) is 4.85. The van der Waals surface area contributed by atoms with Gasteiger partial charge < -0.3 is 15.5 Å². The first-order valence-corrected chi connectivity index (χ1v) is 7.99. The Balaban J connectivity index is 1.99. The molecule has 0 aliphatic carbocycles. The number of nitrogens with two attached hydrogens (primary N) is 1. The summed E-state index contributed by atoms with van der Waals surface area (Å²) >= 11 is 0. The summed E-state index contributed by atoms with van der Waals surface area (Å²) in [6.07, 6.45) is 1.62. The van der Waals surface area contributed by atoms with Gasteiger partial charge in [-0.15, -0.1) is 0 Å². The maximum atomic E-state index is 10.5. The fourth-order valence-electron chi connectivity index (χ4n) is 4.09. The van der Waals surface area contributed by atoms with Gasteiger partial charge in [0, 0.05) is 12.3 Å². The molecule has 118 valence electrons. The van der Waals surface area contributed by atoms with E-state index in [1.54, 1.807) is 0 Å². The average Bonchev–Trinajstić information content (AvgIpc) is 2.36. The van der Waals surface area contributed by atoms with Crippen LogP contribution in [-0.2, 0) is 0 Å². The third kappa shape index (κ3) is 4.06. The molecule has 1 aliphatic heterocycles. The molecule has 1 fully saturated rings. The lowest BCUT2D eigenvalue weighted by Crippen LogP contribution is -3.07. The van der Waals surface area contributed by atoms with Gasteiger partial charge in [0.15, 0.2) is 0 Å². The summed E-state index contributed by atoms with van der Waals surface area (Å²) in [7, 11) is 0. The van der Waals surface area contributed by atoms with Gasteiger partial charge in [0.1, 0.15) is 0 Å². The molecule has 3 unspecified atom stereocenters. The Kier molecular flexibility index (Phi) is 4.76. The normalized spacial score (nSPS) is 29.0. The van der Waals surface area contributed by atoms with Crippen LogP contribution in [0, 0.1) is 5.92 Å². The molecule has 0 spiro atoms. The van der Waals surface area contributed by atoms with Gasteiger partial charge in [0.2, 0.25) is 0 Å². The van der Waals surface area contributed by atoms with Crippen LogP contribution in [0.1, 0.15) is 58.6 Å². The highest BCUT2D eigenvalue weighted by molar-refractivity contribution is 5.17. The van der Waals surface area contributed by atoms with Gasteiger partial charge in [-0.3, -0.25) is 0 Å². The van der Waals surface area contributed by atoms with Crippen molar-refractivity contribution in [3.63, 3.8) is 0 Å². The highest BCUT2D eigenvalue weighted by Gasteiger charge is 2.48. The molecule has 1 aromatic carbocycles. The van der Waals surface area contributed by atoms with Crippen LogP contribution in [0.3, 0.4) is 0 Å². The van der Waals surface area contributed by atoms with Crippen LogP contribution in [0.25, 0.3) is 0 Å². The summed E-state index contributed by atoms with van der Waals surface area (Å²) in [6, 6.07) is 9.79. The summed E-state index contributed by atoms with van der Waals surface area (Å²) in [4.78, 5) is 0. The molecule has 1 aliphatic rings. The number of hydrogen-bond donors (Lipinski definition) is 3. The van der Waals surface area contributed by atoms with Crippen LogP contribution in [-0.4, -0.2) is 27.4 Å². The number of piperidine rings is 1. The zero-order chi connectivity index (χ0) is 15.7. The summed E-state index contributed by atoms with van der Waals surface area (Å²) in [5.41, 5.74) is 1.04. The largest absolute Gasteiger partial charge is 0.392 e. The van der Waals surface area contributed by atoms with Crippen LogP contribution in [0.15, 0.2) is 30.3 Å². The van der Waals surface area contributed by atoms with E-state index >= 15 is 0 Å². The molecule has 2 rings (SSSR count). The van der Waals surface area contributed by atoms with Gasteiger partial charge in [-0.1, -0.05) is 30.3 Å². The third-order valence-corrected chi connectivity index (χ3v) is 4.85. The molecule has 3 nitrogen and oxygen atoms in total. The summed E-state index contributed by atoms with van der Waals surface area (Å²) < 4.78 is 0. The molecule has 1 aromatic rings. The van der Waals surface area contributed by atoms with Crippen LogP contribution in [0.2, 0.25) is 0 Å². The van der Waals surface area contributed by atoms with Crippen molar-refractivity contribution in [2.45, 2.75) is 70.2 Å². The zero-order valence-corrected chi connectivity index (χ0v) is 13.7. The molecule has 0 radical (unpaired) electrons. The molecule has 0 amide bonds. The second-order valence-corrected chi connectivity index (χ2v) is 7.84. The summed E-state index contributed by atoms with van der Waals surface area (Å²) in [5.74, 6) is 0.212. The fourth-order valence-corrected chi connectivity index (χ4v) is 4.09. The Bertz CT molecular complexity index is 456. The molecule has 0 aromatic heterocycles. The van der Waals surface area contributed by atoms with Crippen molar-refractivity contribution < 1.29 is 15.5 Å². The molecule has 0 saturated carbocycles. The van der Waals surface area contributed by atoms with Gasteiger partial charge in [-0.2, -0.15) is 0 Å². The first-order chi connectivity index (χ1) is 9.71. The van der Waals surface area contributed by atoms with E-state index in [0.29, 0.717) is 6.42 Å². The summed E-state index contributed by atoms with van der Waals surface area (Å²) in [5, 5.41) is 23.2. The maximum Gasteiger partial charge on any atom is 0.0961 e. The van der Waals surface area contributed by atoms with Crippen molar-refractivity contribution in [3.05, 3.63) is 35.9 Å². The quantitative estimate of drug-likeness (QED) is 0.795. The molecule has 1 heterocycles. The molecule has 3 heteroatoms. The van der Waals surface area contributed by atoms with Gasteiger partial charge in [0.05, 0.1) is 23.3 Å². The number of hydrogen-bond acceptors (Lipinski definition) is 2. The molecule has 1 saturated heterocycles. The number of aliphatic hydroxyl groups excluding tert-OH is 2. The lowest BCUT2D eigenvalue weighted by atomic mass is 9.70. The van der Waals surface area contributed by atoms with Crippen LogP contribution in [0.4, 0.5) is 0 Å². The Labute approximate surface area is 128 Å². The van der Waals surface area contributed by atoms with Crippen molar-refractivity contribution in [1.82, 2.24) is 0 Å². The van der Waals surface area contributed by atoms with E-state index in [2.05, 4.69) is 33.0 Å². The zero-order valence-electron chi connectivity index (χ0n) is 13.7. The van der Waals surface area contributed by atoms with Crippen LogP contribution >= 0.6 is 0 Å². The van der Waals surface area contributed by atoms with E-state index in [1.807, 2.05) is 30.3 Å². The van der Waals surface area contributed by atoms with Crippen molar-refractivity contribution >= 4 is 0 Å². The van der Waals surface area contributed by atoms with E-state index in [9.17, 15) is 10.2 Å². The van der Waals surface area contributed by atoms with Crippen molar-refractivity contribution in [1.29, 1.82) is 0 Å². The lowest BCUT2D eigenvalue weighted by molar-refractivity contribution is -0.797. The van der Waals surface area contributed by atoms with Crippen molar-refractivity contribution in [3.8, 4) is 0 Å². The number of benzene rings is 1. The summed E-state index contributed by atoms with van der Waals surface area (Å²) in [6.45, 7) is 8.79. The van der Waals surface area contributed by atoms with Gasteiger partial charge in [-0.05, 0) is 46.1 Å².